The number of methoxy groups -OCH3 is 1. The number of nitrogens with one attached hydrogen (secondary N) is 1. The summed E-state index contributed by atoms with van der Waals surface area (Å²) in [4.78, 5) is 12.2. The minimum atomic E-state index is -0.260. The predicted molar refractivity (Wildman–Crippen MR) is 96.6 cm³/mol. The molecule has 2 aromatic carbocycles. The minimum absolute atomic E-state index is 0.260. The molecule has 0 atom stereocenters. The molecule has 1 amide bonds. The van der Waals surface area contributed by atoms with E-state index in [2.05, 4.69) is 15.5 Å². The van der Waals surface area contributed by atoms with Crippen molar-refractivity contribution in [2.45, 2.75) is 6.61 Å². The zero-order valence-corrected chi connectivity index (χ0v) is 14.8. The monoisotopic (exact) mass is 375 g/mol. The molecule has 128 valence electrons. The maximum Gasteiger partial charge on any atom is 0.257 e. The Morgan fingerprint density at radius 3 is 2.44 bits per heavy atom. The summed E-state index contributed by atoms with van der Waals surface area (Å²) in [6, 6.07) is 13.8. The zero-order valence-electron chi connectivity index (χ0n) is 13.2. The molecule has 8 heteroatoms. The van der Waals surface area contributed by atoms with Gasteiger partial charge in [-0.25, -0.2) is 0 Å². The Bertz CT molecular complexity index is 850. The molecule has 3 aromatic rings. The highest BCUT2D eigenvalue weighted by Crippen LogP contribution is 2.20. The van der Waals surface area contributed by atoms with E-state index >= 15 is 0 Å². The second kappa shape index (κ2) is 7.96. The van der Waals surface area contributed by atoms with Gasteiger partial charge in [-0.05, 0) is 48.5 Å². The number of rotatable bonds is 6. The topological polar surface area (TPSA) is 73.3 Å². The van der Waals surface area contributed by atoms with E-state index in [1.807, 2.05) is 0 Å². The van der Waals surface area contributed by atoms with Crippen LogP contribution in [0.2, 0.25) is 5.02 Å². The molecule has 1 heterocycles. The maximum absolute atomic E-state index is 12.2. The lowest BCUT2D eigenvalue weighted by Gasteiger charge is -2.03. The Morgan fingerprint density at radius 1 is 1.08 bits per heavy atom. The van der Waals surface area contributed by atoms with E-state index in [4.69, 9.17) is 21.1 Å². The number of carbonyl (C=O) groups excluding carboxylic acids is 1. The van der Waals surface area contributed by atoms with Crippen LogP contribution in [0.3, 0.4) is 0 Å². The van der Waals surface area contributed by atoms with Crippen LogP contribution in [0.1, 0.15) is 15.4 Å². The van der Waals surface area contributed by atoms with E-state index in [1.54, 1.807) is 55.6 Å². The highest BCUT2D eigenvalue weighted by molar-refractivity contribution is 7.15. The maximum atomic E-state index is 12.2. The summed E-state index contributed by atoms with van der Waals surface area (Å²) in [5.74, 6) is 1.11. The van der Waals surface area contributed by atoms with Gasteiger partial charge in [-0.2, -0.15) is 0 Å². The van der Waals surface area contributed by atoms with Gasteiger partial charge in [0, 0.05) is 10.6 Å². The number of hydrogen-bond acceptors (Lipinski definition) is 6. The van der Waals surface area contributed by atoms with Gasteiger partial charge in [-0.3, -0.25) is 10.1 Å². The Kier molecular flexibility index (Phi) is 5.47. The molecule has 6 nitrogen and oxygen atoms in total. The number of aromatic nitrogens is 2. The van der Waals surface area contributed by atoms with Crippen LogP contribution in [-0.4, -0.2) is 23.2 Å². The molecule has 1 N–H and O–H groups in total. The number of benzene rings is 2. The van der Waals surface area contributed by atoms with Crippen molar-refractivity contribution in [3.05, 3.63) is 64.1 Å². The van der Waals surface area contributed by atoms with Crippen molar-refractivity contribution in [2.24, 2.45) is 0 Å². The van der Waals surface area contributed by atoms with Gasteiger partial charge < -0.3 is 9.47 Å². The molecule has 0 bridgehead atoms. The highest BCUT2D eigenvalue weighted by atomic mass is 35.5. The van der Waals surface area contributed by atoms with Gasteiger partial charge in [0.05, 0.1) is 7.11 Å². The average molecular weight is 376 g/mol. The van der Waals surface area contributed by atoms with Gasteiger partial charge in [0.15, 0.2) is 5.01 Å². The molecule has 1 aromatic heterocycles. The minimum Gasteiger partial charge on any atom is -0.497 e. The average Bonchev–Trinajstić information content (AvgIpc) is 3.08. The normalized spacial score (nSPS) is 10.3. The fraction of sp³-hybridized carbons (Fsp3) is 0.118. The summed E-state index contributed by atoms with van der Waals surface area (Å²) < 4.78 is 10.7. The lowest BCUT2D eigenvalue weighted by atomic mass is 10.2. The molecule has 0 fully saturated rings. The van der Waals surface area contributed by atoms with Crippen molar-refractivity contribution in [3.8, 4) is 11.5 Å². The van der Waals surface area contributed by atoms with E-state index in [0.717, 1.165) is 0 Å². The van der Waals surface area contributed by atoms with Crippen LogP contribution in [-0.2, 0) is 6.61 Å². The third-order valence-corrected chi connectivity index (χ3v) is 4.28. The number of amides is 1. The van der Waals surface area contributed by atoms with Crippen LogP contribution in [0.25, 0.3) is 0 Å². The summed E-state index contributed by atoms with van der Waals surface area (Å²) in [5, 5.41) is 12.4. The first-order valence-corrected chi connectivity index (χ1v) is 8.49. The third-order valence-electron chi connectivity index (χ3n) is 3.22. The van der Waals surface area contributed by atoms with Crippen LogP contribution < -0.4 is 14.8 Å². The number of ether oxygens (including phenoxy) is 2. The standard InChI is InChI=1S/C17H14ClN3O3S/c1-23-13-6-2-11(3-7-13)16(22)19-17-21-20-15(25-17)10-24-14-8-4-12(18)5-9-14/h2-9H,10H2,1H3,(H,19,21,22). The number of nitrogens with zero attached hydrogens (tertiary/aromatic N) is 2. The van der Waals surface area contributed by atoms with Crippen LogP contribution in [0.15, 0.2) is 48.5 Å². The molecule has 25 heavy (non-hydrogen) atoms. The number of carbonyl (C=O) groups is 1. The number of halogens is 1. The summed E-state index contributed by atoms with van der Waals surface area (Å²) in [7, 11) is 1.57. The first-order valence-electron chi connectivity index (χ1n) is 7.30. The highest BCUT2D eigenvalue weighted by Gasteiger charge is 2.11. The van der Waals surface area contributed by atoms with Crippen molar-refractivity contribution in [2.75, 3.05) is 12.4 Å². The Balaban J connectivity index is 1.57. The van der Waals surface area contributed by atoms with E-state index in [-0.39, 0.29) is 12.5 Å². The van der Waals surface area contributed by atoms with Gasteiger partial charge in [0.1, 0.15) is 18.1 Å². The van der Waals surface area contributed by atoms with E-state index in [9.17, 15) is 4.79 Å². The lowest BCUT2D eigenvalue weighted by molar-refractivity contribution is 0.102. The molecule has 0 aliphatic heterocycles. The van der Waals surface area contributed by atoms with Crippen LogP contribution in [0, 0.1) is 0 Å². The van der Waals surface area contributed by atoms with Gasteiger partial charge in [-0.1, -0.05) is 22.9 Å². The van der Waals surface area contributed by atoms with E-state index in [0.29, 0.717) is 32.2 Å². The fourth-order valence-electron chi connectivity index (χ4n) is 1.95. The molecule has 0 saturated carbocycles. The second-order valence-electron chi connectivity index (χ2n) is 4.93. The smallest absolute Gasteiger partial charge is 0.257 e. The van der Waals surface area contributed by atoms with Crippen LogP contribution >= 0.6 is 22.9 Å². The molecule has 0 unspecified atom stereocenters. The molecule has 0 spiro atoms. The third kappa shape index (κ3) is 4.68. The summed E-state index contributed by atoms with van der Waals surface area (Å²) in [6.45, 7) is 0.262. The molecule has 0 aliphatic carbocycles. The molecule has 3 rings (SSSR count). The first kappa shape index (κ1) is 17.2. The van der Waals surface area contributed by atoms with Crippen molar-refractivity contribution >= 4 is 34.0 Å². The number of anilines is 1. The largest absolute Gasteiger partial charge is 0.497 e. The van der Waals surface area contributed by atoms with Crippen molar-refractivity contribution in [1.82, 2.24) is 10.2 Å². The first-order chi connectivity index (χ1) is 12.1. The quantitative estimate of drug-likeness (QED) is 0.704. The van der Waals surface area contributed by atoms with Gasteiger partial charge in [-0.15, -0.1) is 10.2 Å². The number of hydrogen-bond donors (Lipinski definition) is 1. The van der Waals surface area contributed by atoms with Crippen molar-refractivity contribution in [1.29, 1.82) is 0 Å². The summed E-state index contributed by atoms with van der Waals surface area (Å²) >= 11 is 7.08. The Hall–Kier alpha value is -2.64. The van der Waals surface area contributed by atoms with Crippen LogP contribution in [0.5, 0.6) is 11.5 Å². The Labute approximate surface area is 153 Å². The lowest BCUT2D eigenvalue weighted by Crippen LogP contribution is -2.11. The molecular formula is C17H14ClN3O3S. The molecule has 0 saturated heterocycles. The van der Waals surface area contributed by atoms with Gasteiger partial charge in [0.25, 0.3) is 5.91 Å². The van der Waals surface area contributed by atoms with Gasteiger partial charge >= 0.3 is 0 Å². The summed E-state index contributed by atoms with van der Waals surface area (Å²) in [6.07, 6.45) is 0. The van der Waals surface area contributed by atoms with Crippen molar-refractivity contribution < 1.29 is 14.3 Å². The van der Waals surface area contributed by atoms with E-state index < -0.39 is 0 Å². The Morgan fingerprint density at radius 2 is 1.76 bits per heavy atom. The fourth-order valence-corrected chi connectivity index (χ4v) is 2.72. The molecular weight excluding hydrogens is 362 g/mol. The van der Waals surface area contributed by atoms with Gasteiger partial charge in [0.2, 0.25) is 5.13 Å². The van der Waals surface area contributed by atoms with Crippen LogP contribution in [0.4, 0.5) is 5.13 Å². The zero-order chi connectivity index (χ0) is 17.6. The second-order valence-corrected chi connectivity index (χ2v) is 6.42. The summed E-state index contributed by atoms with van der Waals surface area (Å²) in [5.41, 5.74) is 0.509. The predicted octanol–water partition coefficient (Wildman–Crippen LogP) is 4.03. The molecule has 0 radical (unpaired) electrons. The molecule has 0 aliphatic rings. The van der Waals surface area contributed by atoms with E-state index in [1.165, 1.54) is 11.3 Å². The van der Waals surface area contributed by atoms with Crippen molar-refractivity contribution in [3.63, 3.8) is 0 Å². The SMILES string of the molecule is COc1ccc(C(=O)Nc2nnc(COc3ccc(Cl)cc3)s2)cc1.